The van der Waals surface area contributed by atoms with Crippen molar-refractivity contribution in [3.63, 3.8) is 0 Å². The highest BCUT2D eigenvalue weighted by atomic mass is 16.6. The summed E-state index contributed by atoms with van der Waals surface area (Å²) in [6.07, 6.45) is -3.96. The number of rotatable bonds is 0. The summed E-state index contributed by atoms with van der Waals surface area (Å²) in [4.78, 5) is 12.1. The van der Waals surface area contributed by atoms with Crippen LogP contribution in [0.25, 0.3) is 11.2 Å². The molecule has 4 heterocycles. The molecule has 100 valence electrons. The van der Waals surface area contributed by atoms with Gasteiger partial charge in [-0.3, -0.25) is 4.57 Å². The number of imidazole rings is 1. The van der Waals surface area contributed by atoms with E-state index in [1.165, 1.54) is 10.9 Å². The van der Waals surface area contributed by atoms with E-state index >= 15 is 0 Å². The zero-order valence-electron chi connectivity index (χ0n) is 9.58. The van der Waals surface area contributed by atoms with Gasteiger partial charge in [0.05, 0.1) is 0 Å². The standard InChI is InChI=1S/C10H11N5O4/c11-7-2-8(13-1-12-7)15-9(14-2)5(18)6-3(16)4(17)10(15)19-6/h1,3-6,10,16-18H,(H2,11,12,13)/t3-,4+,5?,6-,10+/m0/s1. The first kappa shape index (κ1) is 11.1. The van der Waals surface area contributed by atoms with Gasteiger partial charge in [-0.25, -0.2) is 15.0 Å². The lowest BCUT2D eigenvalue weighted by Gasteiger charge is -2.27. The number of hydrogen-bond acceptors (Lipinski definition) is 8. The first-order valence-electron chi connectivity index (χ1n) is 5.77. The minimum Gasteiger partial charge on any atom is -0.387 e. The molecule has 2 aromatic rings. The normalized spacial score (nSPS) is 36.7. The molecule has 2 aliphatic rings. The number of nitrogen functional groups attached to an aromatic ring is 1. The summed E-state index contributed by atoms with van der Waals surface area (Å²) < 4.78 is 6.89. The molecule has 9 nitrogen and oxygen atoms in total. The largest absolute Gasteiger partial charge is 0.387 e. The van der Waals surface area contributed by atoms with Crippen LogP contribution in [0.15, 0.2) is 6.33 Å². The Kier molecular flexibility index (Phi) is 1.97. The first-order valence-corrected chi connectivity index (χ1v) is 5.77. The molecule has 1 unspecified atom stereocenters. The van der Waals surface area contributed by atoms with Gasteiger partial charge < -0.3 is 25.8 Å². The van der Waals surface area contributed by atoms with Gasteiger partial charge in [0.2, 0.25) is 0 Å². The van der Waals surface area contributed by atoms with E-state index in [0.29, 0.717) is 11.2 Å². The number of anilines is 1. The van der Waals surface area contributed by atoms with E-state index in [9.17, 15) is 15.3 Å². The quantitative estimate of drug-likeness (QED) is 0.432. The Labute approximate surface area is 106 Å². The van der Waals surface area contributed by atoms with E-state index in [-0.39, 0.29) is 11.6 Å². The van der Waals surface area contributed by atoms with Crippen LogP contribution < -0.4 is 5.73 Å². The average molecular weight is 265 g/mol. The van der Waals surface area contributed by atoms with Crippen LogP contribution in [0, 0.1) is 0 Å². The maximum absolute atomic E-state index is 10.2. The van der Waals surface area contributed by atoms with Crippen LogP contribution in [0.5, 0.6) is 0 Å². The number of hydrogen-bond donors (Lipinski definition) is 4. The molecule has 1 fully saturated rings. The second-order valence-electron chi connectivity index (χ2n) is 4.69. The van der Waals surface area contributed by atoms with Gasteiger partial charge in [-0.2, -0.15) is 0 Å². The molecular weight excluding hydrogens is 254 g/mol. The van der Waals surface area contributed by atoms with Crippen molar-refractivity contribution in [1.29, 1.82) is 0 Å². The van der Waals surface area contributed by atoms with Crippen LogP contribution in [0.2, 0.25) is 0 Å². The van der Waals surface area contributed by atoms with Crippen LogP contribution in [0.3, 0.4) is 0 Å². The number of ether oxygens (including phenoxy) is 1. The zero-order valence-corrected chi connectivity index (χ0v) is 9.58. The van der Waals surface area contributed by atoms with Gasteiger partial charge in [-0.15, -0.1) is 0 Å². The van der Waals surface area contributed by atoms with E-state index in [2.05, 4.69) is 15.0 Å². The molecule has 19 heavy (non-hydrogen) atoms. The van der Waals surface area contributed by atoms with Gasteiger partial charge in [0, 0.05) is 0 Å². The van der Waals surface area contributed by atoms with Gasteiger partial charge in [0.1, 0.15) is 36.6 Å². The van der Waals surface area contributed by atoms with Gasteiger partial charge in [-0.1, -0.05) is 0 Å². The Morgan fingerprint density at radius 1 is 1.21 bits per heavy atom. The number of fused-ring (bicyclic) bond motifs is 6. The molecule has 4 rings (SSSR count). The average Bonchev–Trinajstić information content (AvgIpc) is 2.89. The van der Waals surface area contributed by atoms with Gasteiger partial charge >= 0.3 is 0 Å². The van der Waals surface area contributed by atoms with Crippen LogP contribution in [0.1, 0.15) is 18.2 Å². The third-order valence-electron chi connectivity index (χ3n) is 3.64. The van der Waals surface area contributed by atoms with Crippen LogP contribution in [0.4, 0.5) is 5.82 Å². The lowest BCUT2D eigenvalue weighted by molar-refractivity contribution is -0.114. The van der Waals surface area contributed by atoms with Crippen LogP contribution in [-0.2, 0) is 4.74 Å². The number of aliphatic hydroxyl groups excluding tert-OH is 3. The molecule has 2 aliphatic heterocycles. The highest BCUT2D eigenvalue weighted by Crippen LogP contribution is 2.43. The Morgan fingerprint density at radius 3 is 2.79 bits per heavy atom. The summed E-state index contributed by atoms with van der Waals surface area (Å²) in [6.45, 7) is 0. The van der Waals surface area contributed by atoms with Gasteiger partial charge in [-0.05, 0) is 0 Å². The molecule has 9 heteroatoms. The molecular formula is C10H11N5O4. The van der Waals surface area contributed by atoms with Crippen molar-refractivity contribution in [2.24, 2.45) is 0 Å². The molecule has 0 spiro atoms. The maximum Gasteiger partial charge on any atom is 0.167 e. The van der Waals surface area contributed by atoms with E-state index in [1.54, 1.807) is 0 Å². The summed E-state index contributed by atoms with van der Waals surface area (Å²) in [5, 5.41) is 30.0. The summed E-state index contributed by atoms with van der Waals surface area (Å²) >= 11 is 0. The second kappa shape index (κ2) is 3.39. The van der Waals surface area contributed by atoms with Crippen molar-refractivity contribution in [2.45, 2.75) is 30.6 Å². The van der Waals surface area contributed by atoms with E-state index in [4.69, 9.17) is 10.5 Å². The van der Waals surface area contributed by atoms with Crippen molar-refractivity contribution < 1.29 is 20.1 Å². The van der Waals surface area contributed by atoms with Crippen LogP contribution in [-0.4, -0.2) is 53.2 Å². The second-order valence-corrected chi connectivity index (χ2v) is 4.69. The lowest BCUT2D eigenvalue weighted by atomic mass is 10.1. The number of aromatic nitrogens is 4. The molecule has 0 radical (unpaired) electrons. The van der Waals surface area contributed by atoms with Crippen molar-refractivity contribution >= 4 is 17.0 Å². The fourth-order valence-electron chi connectivity index (χ4n) is 2.71. The van der Waals surface area contributed by atoms with Crippen molar-refractivity contribution in [1.82, 2.24) is 19.5 Å². The molecule has 5 atom stereocenters. The predicted octanol–water partition coefficient (Wildman–Crippen LogP) is -1.93. The van der Waals surface area contributed by atoms with Gasteiger partial charge in [0.15, 0.2) is 23.2 Å². The first-order chi connectivity index (χ1) is 9.09. The minimum atomic E-state index is -1.17. The summed E-state index contributed by atoms with van der Waals surface area (Å²) in [5.41, 5.74) is 6.41. The topological polar surface area (TPSA) is 140 Å². The highest BCUT2D eigenvalue weighted by Gasteiger charge is 2.53. The maximum atomic E-state index is 10.2. The summed E-state index contributed by atoms with van der Waals surface area (Å²) in [6, 6.07) is 0. The van der Waals surface area contributed by atoms with Crippen LogP contribution >= 0.6 is 0 Å². The zero-order chi connectivity index (χ0) is 13.3. The van der Waals surface area contributed by atoms with E-state index in [0.717, 1.165) is 0 Å². The highest BCUT2D eigenvalue weighted by molar-refractivity contribution is 5.82. The molecule has 1 saturated heterocycles. The molecule has 0 amide bonds. The smallest absolute Gasteiger partial charge is 0.167 e. The van der Waals surface area contributed by atoms with E-state index in [1.807, 2.05) is 0 Å². The Bertz CT molecular complexity index is 673. The fraction of sp³-hybridized carbons (Fsp3) is 0.500. The van der Waals surface area contributed by atoms with Gasteiger partial charge in [0.25, 0.3) is 0 Å². The third-order valence-corrected chi connectivity index (χ3v) is 3.64. The van der Waals surface area contributed by atoms with Crippen molar-refractivity contribution in [3.05, 3.63) is 12.2 Å². The SMILES string of the molecule is Nc1ncnc2c1nc1n2[C@@H]2O[C@H](C1O)[C@@H](O)[C@H]2O. The Hall–Kier alpha value is -1.81. The van der Waals surface area contributed by atoms with Crippen molar-refractivity contribution in [2.75, 3.05) is 5.73 Å². The Morgan fingerprint density at radius 2 is 2.00 bits per heavy atom. The summed E-state index contributed by atoms with van der Waals surface area (Å²) in [5.74, 6) is 0.448. The molecule has 0 saturated carbocycles. The lowest BCUT2D eigenvalue weighted by Crippen LogP contribution is -2.34. The molecule has 2 aromatic heterocycles. The minimum absolute atomic E-state index is 0.185. The Balaban J connectivity index is 2.03. The fourth-order valence-corrected chi connectivity index (χ4v) is 2.71. The third kappa shape index (κ3) is 1.20. The number of aliphatic hydroxyl groups is 3. The number of nitrogens with two attached hydrogens (primary N) is 1. The predicted molar refractivity (Wildman–Crippen MR) is 60.6 cm³/mol. The van der Waals surface area contributed by atoms with E-state index < -0.39 is 30.6 Å². The molecule has 0 aliphatic carbocycles. The molecule has 2 bridgehead atoms. The number of nitrogens with zero attached hydrogens (tertiary/aromatic N) is 4. The van der Waals surface area contributed by atoms with Crippen molar-refractivity contribution in [3.8, 4) is 0 Å². The monoisotopic (exact) mass is 265 g/mol. The summed E-state index contributed by atoms with van der Waals surface area (Å²) in [7, 11) is 0. The molecule has 5 N–H and O–H groups in total. The molecule has 0 aromatic carbocycles.